The van der Waals surface area contributed by atoms with Crippen molar-refractivity contribution in [2.24, 2.45) is 0 Å². The third-order valence-electron chi connectivity index (χ3n) is 2.10. The number of benzene rings is 1. The molecule has 0 unspecified atom stereocenters. The van der Waals surface area contributed by atoms with Crippen LogP contribution in [0.3, 0.4) is 0 Å². The molecule has 0 atom stereocenters. The predicted octanol–water partition coefficient (Wildman–Crippen LogP) is 3.03. The fourth-order valence-electron chi connectivity index (χ4n) is 1.49. The second kappa shape index (κ2) is 2.69. The number of aromatic nitrogens is 2. The molecule has 2 aromatic heterocycles. The Morgan fingerprint density at radius 3 is 3.07 bits per heavy atom. The first-order valence-corrected chi connectivity index (χ1v) is 4.50. The molecule has 0 spiro atoms. The van der Waals surface area contributed by atoms with Gasteiger partial charge in [-0.05, 0) is 18.2 Å². The van der Waals surface area contributed by atoms with Gasteiger partial charge in [-0.2, -0.15) is 0 Å². The molecule has 0 saturated heterocycles. The van der Waals surface area contributed by atoms with Crippen molar-refractivity contribution in [1.29, 1.82) is 0 Å². The summed E-state index contributed by atoms with van der Waals surface area (Å²) in [5.41, 5.74) is 2.27. The van der Waals surface area contributed by atoms with Gasteiger partial charge in [0, 0.05) is 10.4 Å². The Morgan fingerprint density at radius 2 is 2.14 bits per heavy atom. The van der Waals surface area contributed by atoms with Crippen LogP contribution in [0.2, 0.25) is 5.02 Å². The van der Waals surface area contributed by atoms with E-state index in [0.717, 1.165) is 16.5 Å². The van der Waals surface area contributed by atoms with E-state index in [9.17, 15) is 0 Å². The lowest BCUT2D eigenvalue weighted by Gasteiger charge is -1.88. The SMILES string of the molecule is Clc1ccc2oc3cncnc3c2c1. The number of hydrogen-bond donors (Lipinski definition) is 0. The Labute approximate surface area is 84.3 Å². The van der Waals surface area contributed by atoms with Crippen LogP contribution in [0.4, 0.5) is 0 Å². The molecule has 0 bridgehead atoms. The van der Waals surface area contributed by atoms with Gasteiger partial charge in [0.2, 0.25) is 0 Å². The topological polar surface area (TPSA) is 38.9 Å². The molecule has 2 heterocycles. The monoisotopic (exact) mass is 204 g/mol. The van der Waals surface area contributed by atoms with Crippen LogP contribution in [0.1, 0.15) is 0 Å². The molecule has 68 valence electrons. The lowest BCUT2D eigenvalue weighted by Crippen LogP contribution is -1.75. The number of nitrogens with zero attached hydrogens (tertiary/aromatic N) is 2. The van der Waals surface area contributed by atoms with Gasteiger partial charge in [-0.1, -0.05) is 11.6 Å². The van der Waals surface area contributed by atoms with Crippen LogP contribution in [-0.4, -0.2) is 9.97 Å². The standard InChI is InChI=1S/C10H5ClN2O/c11-6-1-2-8-7(3-6)10-9(14-8)4-12-5-13-10/h1-5H. The van der Waals surface area contributed by atoms with Crippen LogP contribution in [0.25, 0.3) is 22.1 Å². The molecule has 3 aromatic rings. The van der Waals surface area contributed by atoms with E-state index >= 15 is 0 Å². The van der Waals surface area contributed by atoms with Crippen molar-refractivity contribution in [3.8, 4) is 0 Å². The third kappa shape index (κ3) is 0.992. The minimum absolute atomic E-state index is 0.679. The van der Waals surface area contributed by atoms with Gasteiger partial charge in [0.15, 0.2) is 5.58 Å². The summed E-state index contributed by atoms with van der Waals surface area (Å²) in [6, 6.07) is 5.47. The highest BCUT2D eigenvalue weighted by atomic mass is 35.5. The molecule has 0 fully saturated rings. The molecule has 3 nitrogen and oxygen atoms in total. The minimum atomic E-state index is 0.679. The van der Waals surface area contributed by atoms with E-state index in [1.165, 1.54) is 6.33 Å². The maximum absolute atomic E-state index is 5.89. The van der Waals surface area contributed by atoms with E-state index in [-0.39, 0.29) is 0 Å². The van der Waals surface area contributed by atoms with Gasteiger partial charge >= 0.3 is 0 Å². The molecule has 4 heteroatoms. The van der Waals surface area contributed by atoms with Crippen molar-refractivity contribution < 1.29 is 4.42 Å². The maximum Gasteiger partial charge on any atom is 0.172 e. The van der Waals surface area contributed by atoms with Gasteiger partial charge in [-0.15, -0.1) is 0 Å². The minimum Gasteiger partial charge on any atom is -0.453 e. The molecule has 0 aliphatic rings. The second-order valence-corrected chi connectivity index (χ2v) is 3.41. The fourth-order valence-corrected chi connectivity index (χ4v) is 1.66. The van der Waals surface area contributed by atoms with E-state index in [4.69, 9.17) is 16.0 Å². The first-order chi connectivity index (χ1) is 6.84. The first-order valence-electron chi connectivity index (χ1n) is 4.12. The van der Waals surface area contributed by atoms with Crippen LogP contribution < -0.4 is 0 Å². The summed E-state index contributed by atoms with van der Waals surface area (Å²) < 4.78 is 5.52. The van der Waals surface area contributed by atoms with Crippen LogP contribution in [0.15, 0.2) is 35.1 Å². The van der Waals surface area contributed by atoms with Gasteiger partial charge in [-0.3, -0.25) is 0 Å². The van der Waals surface area contributed by atoms with Crippen molar-refractivity contribution in [1.82, 2.24) is 9.97 Å². The predicted molar refractivity (Wildman–Crippen MR) is 54.3 cm³/mol. The zero-order valence-corrected chi connectivity index (χ0v) is 7.82. The molecule has 0 aliphatic heterocycles. The summed E-state index contributed by atoms with van der Waals surface area (Å²) in [5.74, 6) is 0. The van der Waals surface area contributed by atoms with Crippen molar-refractivity contribution >= 4 is 33.7 Å². The molecule has 3 rings (SSSR count). The Balaban J connectivity index is 2.58. The van der Waals surface area contributed by atoms with Crippen LogP contribution >= 0.6 is 11.6 Å². The van der Waals surface area contributed by atoms with Crippen LogP contribution in [0.5, 0.6) is 0 Å². The zero-order valence-electron chi connectivity index (χ0n) is 7.07. The van der Waals surface area contributed by atoms with Gasteiger partial charge in [0.1, 0.15) is 17.4 Å². The normalized spacial score (nSPS) is 11.2. The van der Waals surface area contributed by atoms with Crippen molar-refractivity contribution in [3.05, 3.63) is 35.7 Å². The Kier molecular flexibility index (Phi) is 1.49. The fraction of sp³-hybridized carbons (Fsp3) is 0. The molecular formula is C10H5ClN2O. The van der Waals surface area contributed by atoms with Crippen molar-refractivity contribution in [2.75, 3.05) is 0 Å². The highest BCUT2D eigenvalue weighted by Crippen LogP contribution is 2.28. The third-order valence-corrected chi connectivity index (χ3v) is 2.33. The summed E-state index contributed by atoms with van der Waals surface area (Å²) in [5, 5.41) is 1.61. The van der Waals surface area contributed by atoms with E-state index < -0.39 is 0 Å². The molecular weight excluding hydrogens is 200 g/mol. The number of halogens is 1. The second-order valence-electron chi connectivity index (χ2n) is 2.98. The average molecular weight is 205 g/mol. The van der Waals surface area contributed by atoms with Gasteiger partial charge in [0.25, 0.3) is 0 Å². The first kappa shape index (κ1) is 7.76. The molecule has 0 aliphatic carbocycles. The molecule has 0 N–H and O–H groups in total. The van der Waals surface area contributed by atoms with Crippen LogP contribution in [0, 0.1) is 0 Å². The van der Waals surface area contributed by atoms with Gasteiger partial charge in [0.05, 0.1) is 6.20 Å². The number of rotatable bonds is 0. The highest BCUT2D eigenvalue weighted by molar-refractivity contribution is 6.31. The lowest BCUT2D eigenvalue weighted by atomic mass is 10.2. The van der Waals surface area contributed by atoms with Crippen LogP contribution in [-0.2, 0) is 0 Å². The highest BCUT2D eigenvalue weighted by Gasteiger charge is 2.07. The summed E-state index contributed by atoms with van der Waals surface area (Å²) in [7, 11) is 0. The quantitative estimate of drug-likeness (QED) is 0.565. The van der Waals surface area contributed by atoms with E-state index in [1.807, 2.05) is 12.1 Å². The largest absolute Gasteiger partial charge is 0.453 e. The average Bonchev–Trinajstić information content (AvgIpc) is 2.56. The van der Waals surface area contributed by atoms with E-state index in [2.05, 4.69) is 9.97 Å². The van der Waals surface area contributed by atoms with Crippen molar-refractivity contribution in [2.45, 2.75) is 0 Å². The molecule has 14 heavy (non-hydrogen) atoms. The number of hydrogen-bond acceptors (Lipinski definition) is 3. The Morgan fingerprint density at radius 1 is 1.21 bits per heavy atom. The molecule has 0 amide bonds. The number of fused-ring (bicyclic) bond motifs is 3. The molecule has 0 saturated carbocycles. The zero-order chi connectivity index (χ0) is 9.54. The molecule has 0 radical (unpaired) electrons. The summed E-state index contributed by atoms with van der Waals surface area (Å²) >= 11 is 5.89. The summed E-state index contributed by atoms with van der Waals surface area (Å²) in [6.45, 7) is 0. The lowest BCUT2D eigenvalue weighted by molar-refractivity contribution is 0.665. The molecule has 1 aromatic carbocycles. The van der Waals surface area contributed by atoms with Gasteiger partial charge < -0.3 is 4.42 Å². The van der Waals surface area contributed by atoms with Crippen molar-refractivity contribution in [3.63, 3.8) is 0 Å². The van der Waals surface area contributed by atoms with E-state index in [0.29, 0.717) is 10.6 Å². The smallest absolute Gasteiger partial charge is 0.172 e. The Hall–Kier alpha value is -1.61. The summed E-state index contributed by atoms with van der Waals surface area (Å²) in [4.78, 5) is 8.04. The Bertz CT molecular complexity index is 618. The van der Waals surface area contributed by atoms with Gasteiger partial charge in [-0.25, -0.2) is 9.97 Å². The number of furan rings is 1. The summed E-state index contributed by atoms with van der Waals surface area (Å²) in [6.07, 6.45) is 3.15. The van der Waals surface area contributed by atoms with E-state index in [1.54, 1.807) is 12.3 Å². The maximum atomic E-state index is 5.89.